The fourth-order valence-corrected chi connectivity index (χ4v) is 4.34. The first-order valence-corrected chi connectivity index (χ1v) is 11.0. The molecule has 1 fully saturated rings. The summed E-state index contributed by atoms with van der Waals surface area (Å²) >= 11 is 0. The Morgan fingerprint density at radius 1 is 1.18 bits per heavy atom. The lowest BCUT2D eigenvalue weighted by atomic mass is 10.1. The van der Waals surface area contributed by atoms with Crippen LogP contribution in [0.3, 0.4) is 0 Å². The SMILES string of the molecule is C=C/C(=C\C(=C)C#N)NC(=O)c1cccc(-c2nc3cc(C(=O)O)ccc3n2C2CCCC2)c1. The number of nitrogens with one attached hydrogen (secondary N) is 1. The van der Waals surface area contributed by atoms with Gasteiger partial charge in [0.25, 0.3) is 5.91 Å². The summed E-state index contributed by atoms with van der Waals surface area (Å²) in [5.41, 5.74) is 3.45. The second-order valence-corrected chi connectivity index (χ2v) is 8.23. The Morgan fingerprint density at radius 3 is 2.62 bits per heavy atom. The molecule has 0 bridgehead atoms. The molecule has 1 aliphatic rings. The number of nitrogens with zero attached hydrogens (tertiary/aromatic N) is 3. The molecule has 0 spiro atoms. The first kappa shape index (κ1) is 22.7. The van der Waals surface area contributed by atoms with Gasteiger partial charge in [-0.15, -0.1) is 0 Å². The summed E-state index contributed by atoms with van der Waals surface area (Å²) in [6.45, 7) is 7.27. The predicted molar refractivity (Wildman–Crippen MR) is 130 cm³/mol. The number of amides is 1. The third-order valence-electron chi connectivity index (χ3n) is 5.96. The van der Waals surface area contributed by atoms with Gasteiger partial charge >= 0.3 is 5.97 Å². The Bertz CT molecular complexity index is 1380. The highest BCUT2D eigenvalue weighted by Crippen LogP contribution is 2.37. The van der Waals surface area contributed by atoms with Crippen LogP contribution in [-0.4, -0.2) is 26.5 Å². The minimum atomic E-state index is -0.998. The summed E-state index contributed by atoms with van der Waals surface area (Å²) in [6.07, 6.45) is 7.21. The van der Waals surface area contributed by atoms with E-state index in [0.29, 0.717) is 22.6 Å². The summed E-state index contributed by atoms with van der Waals surface area (Å²) < 4.78 is 2.18. The minimum Gasteiger partial charge on any atom is -0.478 e. The van der Waals surface area contributed by atoms with E-state index >= 15 is 0 Å². The molecule has 2 N–H and O–H groups in total. The van der Waals surface area contributed by atoms with E-state index in [4.69, 9.17) is 10.2 Å². The second-order valence-electron chi connectivity index (χ2n) is 8.23. The molecule has 1 aliphatic carbocycles. The minimum absolute atomic E-state index is 0.186. The van der Waals surface area contributed by atoms with Gasteiger partial charge in [0.2, 0.25) is 0 Å². The molecule has 4 rings (SSSR count). The molecule has 1 saturated carbocycles. The van der Waals surface area contributed by atoms with Crippen LogP contribution in [-0.2, 0) is 0 Å². The molecule has 170 valence electrons. The van der Waals surface area contributed by atoms with Crippen LogP contribution in [0, 0.1) is 11.3 Å². The Kier molecular flexibility index (Phi) is 6.42. The molecular weight excluding hydrogens is 428 g/mol. The van der Waals surface area contributed by atoms with Gasteiger partial charge < -0.3 is 15.0 Å². The highest BCUT2D eigenvalue weighted by atomic mass is 16.4. The smallest absolute Gasteiger partial charge is 0.335 e. The Morgan fingerprint density at radius 2 is 1.94 bits per heavy atom. The molecule has 7 heteroatoms. The number of benzene rings is 2. The van der Waals surface area contributed by atoms with Gasteiger partial charge in [0.05, 0.1) is 22.7 Å². The number of hydrogen-bond donors (Lipinski definition) is 2. The average Bonchev–Trinajstić information content (AvgIpc) is 3.50. The van der Waals surface area contributed by atoms with Crippen molar-refractivity contribution in [2.45, 2.75) is 31.7 Å². The number of hydrogen-bond acceptors (Lipinski definition) is 4. The zero-order chi connectivity index (χ0) is 24.2. The normalized spacial score (nSPS) is 14.0. The van der Waals surface area contributed by atoms with Gasteiger partial charge in [-0.05, 0) is 55.3 Å². The van der Waals surface area contributed by atoms with E-state index in [-0.39, 0.29) is 23.1 Å². The third-order valence-corrected chi connectivity index (χ3v) is 5.96. The molecule has 0 saturated heterocycles. The number of aromatic nitrogens is 2. The summed E-state index contributed by atoms with van der Waals surface area (Å²) in [6, 6.07) is 14.3. The van der Waals surface area contributed by atoms with Crippen LogP contribution in [0.4, 0.5) is 0 Å². The van der Waals surface area contributed by atoms with Crippen molar-refractivity contribution in [3.05, 3.63) is 90.2 Å². The van der Waals surface area contributed by atoms with Gasteiger partial charge in [0, 0.05) is 28.4 Å². The summed E-state index contributed by atoms with van der Waals surface area (Å²) in [5, 5.41) is 21.1. The zero-order valence-corrected chi connectivity index (χ0v) is 18.6. The van der Waals surface area contributed by atoms with Crippen molar-refractivity contribution < 1.29 is 14.7 Å². The van der Waals surface area contributed by atoms with Crippen LogP contribution >= 0.6 is 0 Å². The standard InChI is InChI=1S/C27H24N4O3/c1-3-21(13-17(2)16-28)29-26(32)19-8-6-7-18(14-19)25-30-23-15-20(27(33)34)11-12-24(23)31(25)22-9-4-5-10-22/h3,6-8,11-15,22H,1-2,4-5,9-10H2,(H,29,32)(H,33,34)/b21-13+. The molecule has 0 atom stereocenters. The molecule has 1 amide bonds. The Hall–Kier alpha value is -4.44. The molecule has 34 heavy (non-hydrogen) atoms. The molecule has 1 aromatic heterocycles. The van der Waals surface area contributed by atoms with Crippen LogP contribution in [0.5, 0.6) is 0 Å². The maximum absolute atomic E-state index is 12.9. The second kappa shape index (κ2) is 9.59. The van der Waals surface area contributed by atoms with E-state index in [1.807, 2.05) is 18.2 Å². The molecular formula is C27H24N4O3. The summed E-state index contributed by atoms with van der Waals surface area (Å²) in [7, 11) is 0. The van der Waals surface area contributed by atoms with Crippen molar-refractivity contribution in [2.75, 3.05) is 0 Å². The van der Waals surface area contributed by atoms with Gasteiger partial charge in [0.1, 0.15) is 5.82 Å². The lowest BCUT2D eigenvalue weighted by molar-refractivity contribution is 0.0696. The molecule has 0 radical (unpaired) electrons. The van der Waals surface area contributed by atoms with Gasteiger partial charge in [-0.2, -0.15) is 5.26 Å². The van der Waals surface area contributed by atoms with Gasteiger partial charge in [-0.3, -0.25) is 4.79 Å². The zero-order valence-electron chi connectivity index (χ0n) is 18.6. The van der Waals surface area contributed by atoms with E-state index in [1.54, 1.807) is 30.3 Å². The number of nitriles is 1. The summed E-state index contributed by atoms with van der Waals surface area (Å²) in [4.78, 5) is 29.2. The third kappa shape index (κ3) is 4.52. The number of rotatable bonds is 7. The molecule has 7 nitrogen and oxygen atoms in total. The Balaban J connectivity index is 1.76. The lowest BCUT2D eigenvalue weighted by Crippen LogP contribution is -2.22. The van der Waals surface area contributed by atoms with E-state index in [0.717, 1.165) is 36.8 Å². The van der Waals surface area contributed by atoms with Crippen molar-refractivity contribution in [3.63, 3.8) is 0 Å². The van der Waals surface area contributed by atoms with Crippen LogP contribution in [0.1, 0.15) is 52.4 Å². The molecule has 0 aliphatic heterocycles. The maximum Gasteiger partial charge on any atom is 0.335 e. The van der Waals surface area contributed by atoms with Crippen molar-refractivity contribution in [1.29, 1.82) is 5.26 Å². The molecule has 3 aromatic rings. The lowest BCUT2D eigenvalue weighted by Gasteiger charge is -2.17. The highest BCUT2D eigenvalue weighted by molar-refractivity contribution is 5.97. The number of allylic oxidation sites excluding steroid dienone is 3. The number of carbonyl (C=O) groups excluding carboxylic acids is 1. The fourth-order valence-electron chi connectivity index (χ4n) is 4.34. The largest absolute Gasteiger partial charge is 0.478 e. The van der Waals surface area contributed by atoms with Crippen molar-refractivity contribution in [2.24, 2.45) is 0 Å². The van der Waals surface area contributed by atoms with Gasteiger partial charge in [0.15, 0.2) is 0 Å². The van der Waals surface area contributed by atoms with Gasteiger partial charge in [-0.25, -0.2) is 9.78 Å². The number of carbonyl (C=O) groups is 2. The van der Waals surface area contributed by atoms with E-state index < -0.39 is 5.97 Å². The van der Waals surface area contributed by atoms with Crippen LogP contribution in [0.25, 0.3) is 22.4 Å². The predicted octanol–water partition coefficient (Wildman–Crippen LogP) is 5.40. The summed E-state index contributed by atoms with van der Waals surface area (Å²) in [5.74, 6) is -0.644. The maximum atomic E-state index is 12.9. The van der Waals surface area contributed by atoms with E-state index in [2.05, 4.69) is 23.0 Å². The number of fused-ring (bicyclic) bond motifs is 1. The topological polar surface area (TPSA) is 108 Å². The fraction of sp³-hybridized carbons (Fsp3) is 0.185. The molecule has 0 unspecified atom stereocenters. The first-order valence-electron chi connectivity index (χ1n) is 11.0. The number of aromatic carboxylic acids is 1. The molecule has 1 heterocycles. The monoisotopic (exact) mass is 452 g/mol. The van der Waals surface area contributed by atoms with E-state index in [1.165, 1.54) is 12.2 Å². The van der Waals surface area contributed by atoms with Crippen molar-refractivity contribution >= 4 is 22.9 Å². The van der Waals surface area contributed by atoms with Crippen LogP contribution in [0.15, 0.2) is 79.0 Å². The quantitative estimate of drug-likeness (QED) is 0.369. The number of imidazole rings is 1. The van der Waals surface area contributed by atoms with Crippen molar-refractivity contribution in [1.82, 2.24) is 14.9 Å². The van der Waals surface area contributed by atoms with Gasteiger partial charge in [-0.1, -0.05) is 38.1 Å². The van der Waals surface area contributed by atoms with Crippen LogP contribution in [0.2, 0.25) is 0 Å². The number of carboxylic acid groups (broad SMARTS) is 1. The molecule has 2 aromatic carbocycles. The Labute approximate surface area is 197 Å². The van der Waals surface area contributed by atoms with Crippen molar-refractivity contribution in [3.8, 4) is 17.5 Å². The average molecular weight is 453 g/mol. The van der Waals surface area contributed by atoms with Crippen LogP contribution < -0.4 is 5.32 Å². The number of carboxylic acids is 1. The highest BCUT2D eigenvalue weighted by Gasteiger charge is 2.24. The van der Waals surface area contributed by atoms with E-state index in [9.17, 15) is 14.7 Å². The first-order chi connectivity index (χ1) is 16.4.